The Morgan fingerprint density at radius 2 is 0.520 bits per heavy atom. The van der Waals surface area contributed by atoms with Gasteiger partial charge < -0.3 is 13.6 Å². The van der Waals surface area contributed by atoms with Crippen LogP contribution in [0.15, 0.2) is 247 Å². The Morgan fingerprint density at radius 3 is 0.840 bits per heavy atom. The third kappa shape index (κ3) is 7.01. The van der Waals surface area contributed by atoms with Crippen molar-refractivity contribution in [1.29, 1.82) is 0 Å². The minimum Gasteiger partial charge on any atom is -0.455 e. The van der Waals surface area contributed by atoms with E-state index < -0.39 is 0 Å². The van der Waals surface area contributed by atoms with E-state index >= 15 is 0 Å². The molecule has 0 bridgehead atoms. The molecule has 10 aromatic carbocycles. The zero-order chi connectivity index (χ0) is 49.4. The van der Waals surface area contributed by atoms with Gasteiger partial charge in [0.1, 0.15) is 11.2 Å². The number of hydrogen-bond donors (Lipinski definition) is 0. The number of aromatic nitrogens is 8. The van der Waals surface area contributed by atoms with Crippen molar-refractivity contribution in [1.82, 2.24) is 39.0 Å². The number of rotatable bonds is 8. The quantitative estimate of drug-likeness (QED) is 0.149. The number of nitrogens with zero attached hydrogens (tertiary/aromatic N) is 8. The molecular weight excluding hydrogens is 921 g/mol. The molecule has 0 N–H and O–H groups in total. The fourth-order valence-corrected chi connectivity index (χ4v) is 10.8. The van der Waals surface area contributed by atoms with Crippen molar-refractivity contribution in [2.45, 2.75) is 0 Å². The van der Waals surface area contributed by atoms with Gasteiger partial charge in [-0.15, -0.1) is 0 Å². The molecule has 350 valence electrons. The molecule has 0 spiro atoms. The second-order valence-corrected chi connectivity index (χ2v) is 18.7. The molecule has 0 fully saturated rings. The Bertz CT molecular complexity index is 4260. The minimum absolute atomic E-state index is 0.582. The normalized spacial score (nSPS) is 11.7. The average molecular weight is 961 g/mol. The van der Waals surface area contributed by atoms with Gasteiger partial charge >= 0.3 is 0 Å². The zero-order valence-corrected chi connectivity index (χ0v) is 40.1. The molecule has 0 amide bonds. The van der Waals surface area contributed by atoms with E-state index in [1.807, 2.05) is 121 Å². The van der Waals surface area contributed by atoms with E-state index in [-0.39, 0.29) is 0 Å². The van der Waals surface area contributed by atoms with E-state index in [9.17, 15) is 0 Å². The summed E-state index contributed by atoms with van der Waals surface area (Å²) in [5, 5.41) is 6.06. The van der Waals surface area contributed by atoms with Crippen molar-refractivity contribution in [3.05, 3.63) is 243 Å². The van der Waals surface area contributed by atoms with Crippen LogP contribution in [-0.4, -0.2) is 39.0 Å². The van der Waals surface area contributed by atoms with Gasteiger partial charge in [0.25, 0.3) is 0 Å². The highest BCUT2D eigenvalue weighted by Crippen LogP contribution is 2.46. The molecule has 9 nitrogen and oxygen atoms in total. The summed E-state index contributed by atoms with van der Waals surface area (Å²) in [6, 6.07) is 83.3. The Hall–Kier alpha value is -10.4. The second-order valence-electron chi connectivity index (χ2n) is 18.7. The molecule has 0 atom stereocenters. The molecule has 15 rings (SSSR count). The predicted molar refractivity (Wildman–Crippen MR) is 302 cm³/mol. The van der Waals surface area contributed by atoms with Gasteiger partial charge in [0.2, 0.25) is 0 Å². The SMILES string of the molecule is c1ccc(-c2nc(-c3ccccc3)nc(-c3ccc4c(c3)c3c5oc6c(ccc7c6c6cc(-c8nc(-c9ccccc9)nc(-c9ccccc9)n8)ccc6n7-c6ccccc6)c5ccc3n4-c3ccccc3)n2)cc1. The summed E-state index contributed by atoms with van der Waals surface area (Å²) < 4.78 is 12.1. The fourth-order valence-electron chi connectivity index (χ4n) is 10.8. The van der Waals surface area contributed by atoms with Crippen LogP contribution in [0.25, 0.3) is 145 Å². The van der Waals surface area contributed by atoms with Crippen LogP contribution in [0.2, 0.25) is 0 Å². The van der Waals surface area contributed by atoms with Gasteiger partial charge in [-0.2, -0.15) is 0 Å². The maximum atomic E-state index is 7.48. The molecule has 5 heterocycles. The topological polar surface area (TPSA) is 100 Å². The Labute approximate surface area is 429 Å². The van der Waals surface area contributed by atoms with Crippen LogP contribution in [0.3, 0.4) is 0 Å². The van der Waals surface area contributed by atoms with Gasteiger partial charge in [0.15, 0.2) is 34.9 Å². The van der Waals surface area contributed by atoms with Crippen molar-refractivity contribution >= 4 is 65.6 Å². The highest BCUT2D eigenvalue weighted by atomic mass is 16.3. The summed E-state index contributed by atoms with van der Waals surface area (Å²) in [5.41, 5.74) is 13.2. The number of fused-ring (bicyclic) bond motifs is 11. The van der Waals surface area contributed by atoms with E-state index in [1.165, 1.54) is 0 Å². The summed E-state index contributed by atoms with van der Waals surface area (Å²) in [7, 11) is 0. The van der Waals surface area contributed by atoms with Crippen molar-refractivity contribution < 1.29 is 4.42 Å². The molecule has 75 heavy (non-hydrogen) atoms. The fraction of sp³-hybridized carbons (Fsp3) is 0. The first kappa shape index (κ1) is 42.3. The second kappa shape index (κ2) is 17.1. The molecule has 0 unspecified atom stereocenters. The van der Waals surface area contributed by atoms with Gasteiger partial charge in [0.05, 0.1) is 32.8 Å². The first-order chi connectivity index (χ1) is 37.2. The van der Waals surface area contributed by atoms with Gasteiger partial charge in [-0.3, -0.25) is 0 Å². The summed E-state index contributed by atoms with van der Waals surface area (Å²) in [5.74, 6) is 3.59. The number of benzene rings is 10. The van der Waals surface area contributed by atoms with Gasteiger partial charge in [-0.25, -0.2) is 29.9 Å². The maximum absolute atomic E-state index is 7.48. The number of hydrogen-bond acceptors (Lipinski definition) is 7. The van der Waals surface area contributed by atoms with Crippen LogP contribution in [-0.2, 0) is 0 Å². The van der Waals surface area contributed by atoms with Crippen LogP contribution in [0.4, 0.5) is 0 Å². The van der Waals surface area contributed by atoms with E-state index in [4.69, 9.17) is 34.3 Å². The van der Waals surface area contributed by atoms with Crippen molar-refractivity contribution in [2.24, 2.45) is 0 Å². The first-order valence-corrected chi connectivity index (χ1v) is 24.9. The van der Waals surface area contributed by atoms with Crippen LogP contribution < -0.4 is 0 Å². The number of furan rings is 1. The third-order valence-electron chi connectivity index (χ3n) is 14.2. The molecule has 0 radical (unpaired) electrons. The van der Waals surface area contributed by atoms with Crippen LogP contribution >= 0.6 is 0 Å². The lowest BCUT2D eigenvalue weighted by Gasteiger charge is -2.09. The highest BCUT2D eigenvalue weighted by molar-refractivity contribution is 6.29. The third-order valence-corrected chi connectivity index (χ3v) is 14.2. The molecule has 0 aliphatic heterocycles. The molecular formula is C66H40N8O. The molecule has 0 aliphatic carbocycles. The molecule has 0 aliphatic rings. The van der Waals surface area contributed by atoms with Crippen molar-refractivity contribution in [3.63, 3.8) is 0 Å². The average Bonchev–Trinajstić information content (AvgIpc) is 4.26. The van der Waals surface area contributed by atoms with Crippen LogP contribution in [0, 0.1) is 0 Å². The Balaban J connectivity index is 0.997. The van der Waals surface area contributed by atoms with Gasteiger partial charge in [0, 0.05) is 66.3 Å². The first-order valence-electron chi connectivity index (χ1n) is 24.9. The smallest absolute Gasteiger partial charge is 0.164 e. The molecule has 0 saturated heterocycles. The van der Waals surface area contributed by atoms with Crippen molar-refractivity contribution in [3.8, 4) is 79.7 Å². The minimum atomic E-state index is 0.582. The highest BCUT2D eigenvalue weighted by Gasteiger charge is 2.25. The maximum Gasteiger partial charge on any atom is 0.164 e. The van der Waals surface area contributed by atoms with Crippen LogP contribution in [0.5, 0.6) is 0 Å². The Morgan fingerprint density at radius 1 is 0.240 bits per heavy atom. The van der Waals surface area contributed by atoms with E-state index in [0.717, 1.165) is 110 Å². The molecule has 15 aromatic rings. The summed E-state index contributed by atoms with van der Waals surface area (Å²) in [6.07, 6.45) is 0. The zero-order valence-electron chi connectivity index (χ0n) is 40.1. The lowest BCUT2D eigenvalue weighted by molar-refractivity contribution is 0.677. The Kier molecular flexibility index (Phi) is 9.67. The summed E-state index contributed by atoms with van der Waals surface area (Å²) in [4.78, 5) is 30.5. The number of para-hydroxylation sites is 2. The monoisotopic (exact) mass is 960 g/mol. The molecule has 5 aromatic heterocycles. The van der Waals surface area contributed by atoms with E-state index in [0.29, 0.717) is 34.9 Å². The lowest BCUT2D eigenvalue weighted by atomic mass is 10.0. The van der Waals surface area contributed by atoms with E-state index in [1.54, 1.807) is 0 Å². The summed E-state index contributed by atoms with van der Waals surface area (Å²) >= 11 is 0. The predicted octanol–water partition coefficient (Wildman–Crippen LogP) is 16.2. The van der Waals surface area contributed by atoms with Crippen molar-refractivity contribution in [2.75, 3.05) is 0 Å². The van der Waals surface area contributed by atoms with Gasteiger partial charge in [-0.1, -0.05) is 158 Å². The largest absolute Gasteiger partial charge is 0.455 e. The lowest BCUT2D eigenvalue weighted by Crippen LogP contribution is -2.00. The van der Waals surface area contributed by atoms with E-state index in [2.05, 4.69) is 130 Å². The standard InChI is InChI=1S/C66H40N8O/c1-7-19-41(20-8-1)61-67-62(42-21-9-2-10-22-42)70-65(69-61)45-31-35-53-51(39-45)57-55(73(53)47-27-15-5-16-28-47)37-33-49-50-34-38-56-58(60(50)75-59(49)57)52-40-46(32-36-54(52)74(56)48-29-17-6-18-30-48)66-71-63(43-23-11-3-12-24-43)68-64(72-66)44-25-13-4-14-26-44/h1-40H. The van der Waals surface area contributed by atoms with Crippen LogP contribution in [0.1, 0.15) is 0 Å². The molecule has 0 saturated carbocycles. The molecule has 9 heteroatoms. The summed E-state index contributed by atoms with van der Waals surface area (Å²) in [6.45, 7) is 0. The van der Waals surface area contributed by atoms with Gasteiger partial charge in [-0.05, 0) is 84.9 Å².